The standard InChI is InChI=1S/C24H26FN5O2/c1-15(31)28-19-6-8-20(9-7-19)29-24-27-14-21(25)23(30-24)18-5-3-4-16(12-18)17-10-11-26-22(13-17)32-2/h3-5,10-14,19-20H,6-9H2,1-2H3,(H,28,31)(H,27,29,30). The molecule has 2 heterocycles. The van der Waals surface area contributed by atoms with Crippen molar-refractivity contribution in [1.82, 2.24) is 20.3 Å². The molecule has 7 nitrogen and oxygen atoms in total. The van der Waals surface area contributed by atoms with E-state index in [9.17, 15) is 9.18 Å². The number of pyridine rings is 1. The Labute approximate surface area is 186 Å². The van der Waals surface area contributed by atoms with E-state index < -0.39 is 5.82 Å². The van der Waals surface area contributed by atoms with E-state index in [-0.39, 0.29) is 23.7 Å². The Kier molecular flexibility index (Phi) is 6.58. The second kappa shape index (κ2) is 9.72. The van der Waals surface area contributed by atoms with Gasteiger partial charge in [-0.1, -0.05) is 18.2 Å². The van der Waals surface area contributed by atoms with Crippen molar-refractivity contribution in [2.75, 3.05) is 12.4 Å². The summed E-state index contributed by atoms with van der Waals surface area (Å²) >= 11 is 0. The molecule has 166 valence electrons. The molecule has 1 aliphatic carbocycles. The molecule has 32 heavy (non-hydrogen) atoms. The largest absolute Gasteiger partial charge is 0.481 e. The molecule has 4 rings (SSSR count). The van der Waals surface area contributed by atoms with Crippen molar-refractivity contribution in [2.45, 2.75) is 44.7 Å². The van der Waals surface area contributed by atoms with Crippen molar-refractivity contribution >= 4 is 11.9 Å². The fraction of sp³-hybridized carbons (Fsp3) is 0.333. The molecule has 0 radical (unpaired) electrons. The maximum absolute atomic E-state index is 14.6. The first-order valence-corrected chi connectivity index (χ1v) is 10.7. The van der Waals surface area contributed by atoms with E-state index in [1.165, 1.54) is 6.20 Å². The fourth-order valence-electron chi connectivity index (χ4n) is 4.04. The second-order valence-corrected chi connectivity index (χ2v) is 7.95. The summed E-state index contributed by atoms with van der Waals surface area (Å²) in [5, 5.41) is 6.30. The molecule has 0 bridgehead atoms. The van der Waals surface area contributed by atoms with Crippen LogP contribution >= 0.6 is 0 Å². The van der Waals surface area contributed by atoms with Crippen molar-refractivity contribution in [2.24, 2.45) is 0 Å². The lowest BCUT2D eigenvalue weighted by atomic mass is 9.91. The zero-order valence-corrected chi connectivity index (χ0v) is 18.1. The molecular formula is C24H26FN5O2. The molecule has 1 aliphatic rings. The number of amides is 1. The number of halogens is 1. The van der Waals surface area contributed by atoms with Crippen LogP contribution in [0.1, 0.15) is 32.6 Å². The monoisotopic (exact) mass is 435 g/mol. The van der Waals surface area contributed by atoms with Gasteiger partial charge in [0, 0.05) is 36.8 Å². The van der Waals surface area contributed by atoms with Crippen molar-refractivity contribution in [3.63, 3.8) is 0 Å². The Morgan fingerprint density at radius 3 is 2.50 bits per heavy atom. The molecular weight excluding hydrogens is 409 g/mol. The van der Waals surface area contributed by atoms with E-state index in [0.717, 1.165) is 36.8 Å². The topological polar surface area (TPSA) is 89.0 Å². The average Bonchev–Trinajstić information content (AvgIpc) is 2.81. The molecule has 0 atom stereocenters. The van der Waals surface area contributed by atoms with E-state index in [4.69, 9.17) is 4.74 Å². The first kappa shape index (κ1) is 21.7. The highest BCUT2D eigenvalue weighted by molar-refractivity contribution is 5.73. The van der Waals surface area contributed by atoms with Crippen LogP contribution in [0.3, 0.4) is 0 Å². The van der Waals surface area contributed by atoms with Crippen LogP contribution in [0.5, 0.6) is 5.88 Å². The van der Waals surface area contributed by atoms with Crippen LogP contribution in [0.25, 0.3) is 22.4 Å². The third kappa shape index (κ3) is 5.19. The van der Waals surface area contributed by atoms with Gasteiger partial charge < -0.3 is 15.4 Å². The molecule has 2 N–H and O–H groups in total. The molecule has 0 aliphatic heterocycles. The van der Waals surface area contributed by atoms with Crippen LogP contribution in [0.4, 0.5) is 10.3 Å². The normalized spacial score (nSPS) is 18.1. The molecule has 0 saturated heterocycles. The highest BCUT2D eigenvalue weighted by Crippen LogP contribution is 2.29. The smallest absolute Gasteiger partial charge is 0.223 e. The number of methoxy groups -OCH3 is 1. The van der Waals surface area contributed by atoms with Gasteiger partial charge in [-0.05, 0) is 48.9 Å². The number of anilines is 1. The summed E-state index contributed by atoms with van der Waals surface area (Å²) in [5.74, 6) is 0.441. The van der Waals surface area contributed by atoms with Crippen molar-refractivity contribution < 1.29 is 13.9 Å². The van der Waals surface area contributed by atoms with Gasteiger partial charge in [-0.15, -0.1) is 0 Å². The number of aromatic nitrogens is 3. The van der Waals surface area contributed by atoms with Gasteiger partial charge in [-0.25, -0.2) is 19.3 Å². The van der Waals surface area contributed by atoms with Gasteiger partial charge in [0.05, 0.1) is 13.3 Å². The predicted octanol–water partition coefficient (Wildman–Crippen LogP) is 4.21. The summed E-state index contributed by atoms with van der Waals surface area (Å²) in [4.78, 5) is 24.0. The van der Waals surface area contributed by atoms with E-state index in [2.05, 4.69) is 25.6 Å². The summed E-state index contributed by atoms with van der Waals surface area (Å²) < 4.78 is 19.8. The lowest BCUT2D eigenvalue weighted by Crippen LogP contribution is -2.39. The highest BCUT2D eigenvalue weighted by Gasteiger charge is 2.22. The summed E-state index contributed by atoms with van der Waals surface area (Å²) in [7, 11) is 1.57. The van der Waals surface area contributed by atoms with Gasteiger partial charge in [0.1, 0.15) is 5.69 Å². The van der Waals surface area contributed by atoms with Crippen LogP contribution < -0.4 is 15.4 Å². The Bertz CT molecular complexity index is 1100. The van der Waals surface area contributed by atoms with Gasteiger partial charge in [-0.3, -0.25) is 4.79 Å². The molecule has 1 fully saturated rings. The van der Waals surface area contributed by atoms with Gasteiger partial charge in [0.25, 0.3) is 0 Å². The Morgan fingerprint density at radius 2 is 1.75 bits per heavy atom. The van der Waals surface area contributed by atoms with Gasteiger partial charge in [0.2, 0.25) is 17.7 Å². The van der Waals surface area contributed by atoms with Gasteiger partial charge >= 0.3 is 0 Å². The number of carbonyl (C=O) groups excluding carboxylic acids is 1. The zero-order chi connectivity index (χ0) is 22.5. The lowest BCUT2D eigenvalue weighted by molar-refractivity contribution is -0.119. The number of benzene rings is 1. The number of nitrogens with zero attached hydrogens (tertiary/aromatic N) is 3. The van der Waals surface area contributed by atoms with E-state index >= 15 is 0 Å². The van der Waals surface area contributed by atoms with E-state index in [1.54, 1.807) is 20.2 Å². The molecule has 0 spiro atoms. The van der Waals surface area contributed by atoms with Crippen LogP contribution in [-0.2, 0) is 4.79 Å². The molecule has 3 aromatic rings. The number of carbonyl (C=O) groups is 1. The number of nitrogens with one attached hydrogen (secondary N) is 2. The number of ether oxygens (including phenoxy) is 1. The average molecular weight is 436 g/mol. The van der Waals surface area contributed by atoms with Gasteiger partial charge in [-0.2, -0.15) is 0 Å². The third-order valence-corrected chi connectivity index (χ3v) is 5.63. The first-order chi connectivity index (χ1) is 15.5. The summed E-state index contributed by atoms with van der Waals surface area (Å²) in [6.45, 7) is 1.54. The Morgan fingerprint density at radius 1 is 1.03 bits per heavy atom. The molecule has 8 heteroatoms. The summed E-state index contributed by atoms with van der Waals surface area (Å²) in [6, 6.07) is 11.7. The van der Waals surface area contributed by atoms with E-state index in [1.807, 2.05) is 36.4 Å². The lowest BCUT2D eigenvalue weighted by Gasteiger charge is -2.29. The second-order valence-electron chi connectivity index (χ2n) is 7.95. The number of hydrogen-bond donors (Lipinski definition) is 2. The quantitative estimate of drug-likeness (QED) is 0.603. The third-order valence-electron chi connectivity index (χ3n) is 5.63. The van der Waals surface area contributed by atoms with Crippen LogP contribution in [0.2, 0.25) is 0 Å². The SMILES string of the molecule is COc1cc(-c2cccc(-c3nc(NC4CCC(NC(C)=O)CC4)ncc3F)c2)ccn1. The summed E-state index contributed by atoms with van der Waals surface area (Å²) in [6.07, 6.45) is 6.44. The maximum atomic E-state index is 14.6. The van der Waals surface area contributed by atoms with Crippen molar-refractivity contribution in [3.05, 3.63) is 54.6 Å². The Balaban J connectivity index is 1.51. The molecule has 2 aromatic heterocycles. The fourth-order valence-corrected chi connectivity index (χ4v) is 4.04. The maximum Gasteiger partial charge on any atom is 0.223 e. The molecule has 1 amide bonds. The number of rotatable bonds is 6. The molecule has 1 aromatic carbocycles. The van der Waals surface area contributed by atoms with E-state index in [0.29, 0.717) is 17.4 Å². The first-order valence-electron chi connectivity index (χ1n) is 10.7. The zero-order valence-electron chi connectivity index (χ0n) is 18.1. The van der Waals surface area contributed by atoms with Crippen LogP contribution in [-0.4, -0.2) is 40.1 Å². The van der Waals surface area contributed by atoms with Crippen LogP contribution in [0.15, 0.2) is 48.8 Å². The molecule has 1 saturated carbocycles. The number of hydrogen-bond acceptors (Lipinski definition) is 6. The van der Waals surface area contributed by atoms with Gasteiger partial charge in [0.15, 0.2) is 5.82 Å². The highest BCUT2D eigenvalue weighted by atomic mass is 19.1. The Hall–Kier alpha value is -3.55. The minimum absolute atomic E-state index is 0.000332. The van der Waals surface area contributed by atoms with Crippen molar-refractivity contribution in [3.8, 4) is 28.3 Å². The minimum atomic E-state index is -0.477. The minimum Gasteiger partial charge on any atom is -0.481 e. The predicted molar refractivity (Wildman–Crippen MR) is 121 cm³/mol. The summed E-state index contributed by atoms with van der Waals surface area (Å²) in [5.41, 5.74) is 2.74. The van der Waals surface area contributed by atoms with Crippen molar-refractivity contribution in [1.29, 1.82) is 0 Å². The molecule has 0 unspecified atom stereocenters. The van der Waals surface area contributed by atoms with Crippen LogP contribution in [0, 0.1) is 5.82 Å².